The van der Waals surface area contributed by atoms with Crippen molar-refractivity contribution in [3.05, 3.63) is 48.0 Å². The zero-order valence-electron chi connectivity index (χ0n) is 20.1. The fraction of sp³-hybridized carbons (Fsp3) is 0.407. The Morgan fingerprint density at radius 2 is 1.23 bits per heavy atom. The van der Waals surface area contributed by atoms with Gasteiger partial charge in [-0.3, -0.25) is 0 Å². The fourth-order valence-corrected chi connectivity index (χ4v) is 5.10. The minimum absolute atomic E-state index is 0.273. The zero-order chi connectivity index (χ0) is 25.4. The molecule has 0 bridgehead atoms. The van der Waals surface area contributed by atoms with Gasteiger partial charge in [0.1, 0.15) is 5.75 Å². The van der Waals surface area contributed by atoms with Crippen molar-refractivity contribution in [1.82, 2.24) is 0 Å². The van der Waals surface area contributed by atoms with Crippen molar-refractivity contribution >= 4 is 79.0 Å². The highest BCUT2D eigenvalue weighted by molar-refractivity contribution is 14.1. The van der Waals surface area contributed by atoms with Crippen LogP contribution in [-0.4, -0.2) is 20.5 Å². The van der Waals surface area contributed by atoms with Gasteiger partial charge in [-0.15, -0.1) is 0 Å². The normalized spacial score (nSPS) is 12.8. The summed E-state index contributed by atoms with van der Waals surface area (Å²) in [4.78, 5) is 25.4. The number of benzene rings is 3. The number of rotatable bonds is 10. The number of fused-ring (bicyclic) bond motifs is 2. The van der Waals surface area contributed by atoms with Gasteiger partial charge in [-0.05, 0) is 83.4 Å². The lowest BCUT2D eigenvalue weighted by Crippen LogP contribution is -2.18. The third kappa shape index (κ3) is 7.34. The molecule has 0 fully saturated rings. The summed E-state index contributed by atoms with van der Waals surface area (Å²) in [5.41, 5.74) is 0.876. The van der Waals surface area contributed by atoms with Crippen molar-refractivity contribution in [2.24, 2.45) is 0 Å². The number of unbranched alkanes of at least 4 members (excludes halogenated alkanes) is 2. The van der Waals surface area contributed by atoms with Crippen LogP contribution in [0.5, 0.6) is 11.5 Å². The molecule has 0 amide bonds. The molecule has 35 heavy (non-hydrogen) atoms. The Bertz CT molecular complexity index is 1180. The van der Waals surface area contributed by atoms with Gasteiger partial charge in [-0.1, -0.05) is 69.2 Å². The van der Waals surface area contributed by atoms with E-state index in [1.165, 1.54) is 0 Å². The summed E-state index contributed by atoms with van der Waals surface area (Å²) in [5, 5.41) is 2.62. The van der Waals surface area contributed by atoms with Gasteiger partial charge < -0.3 is 18.9 Å². The maximum atomic E-state index is 12.7. The Hall–Kier alpha value is -1.82. The maximum Gasteiger partial charge on any atom is 0.514 e. The molecule has 188 valence electrons. The van der Waals surface area contributed by atoms with Crippen molar-refractivity contribution < 1.29 is 28.5 Å². The minimum atomic E-state index is -0.759. The van der Waals surface area contributed by atoms with Gasteiger partial charge in [0.05, 0.1) is 0 Å². The molecule has 0 radical (unpaired) electrons. The van der Waals surface area contributed by atoms with Crippen LogP contribution in [0.2, 0.25) is 0 Å². The fourth-order valence-electron chi connectivity index (χ4n) is 3.80. The monoisotopic (exact) mass is 704 g/mol. The van der Waals surface area contributed by atoms with Crippen LogP contribution in [0.1, 0.15) is 57.9 Å². The van der Waals surface area contributed by atoms with Crippen LogP contribution in [0.3, 0.4) is 0 Å². The van der Waals surface area contributed by atoms with Gasteiger partial charge in [0.2, 0.25) is 0 Å². The summed E-state index contributed by atoms with van der Waals surface area (Å²) in [7, 11) is 0. The largest absolute Gasteiger partial charge is 0.514 e. The molecule has 3 aromatic carbocycles. The Kier molecular flexibility index (Phi) is 10.7. The molecule has 2 atom stereocenters. The highest BCUT2D eigenvalue weighted by Gasteiger charge is 2.23. The second kappa shape index (κ2) is 13.5. The van der Waals surface area contributed by atoms with Crippen LogP contribution in [0, 0.1) is 6.92 Å². The number of carbonyl (C=O) groups excluding carboxylic acids is 2. The van der Waals surface area contributed by atoms with Gasteiger partial charge in [0.15, 0.2) is 14.0 Å². The van der Waals surface area contributed by atoms with Gasteiger partial charge in [0, 0.05) is 21.5 Å². The molecular formula is C27H30I2O6. The number of hydrogen-bond donors (Lipinski definition) is 0. The van der Waals surface area contributed by atoms with Gasteiger partial charge >= 0.3 is 12.3 Å². The van der Waals surface area contributed by atoms with E-state index in [1.807, 2.05) is 49.4 Å². The third-order valence-electron chi connectivity index (χ3n) is 5.55. The average molecular weight is 704 g/mol. The number of carbonyl (C=O) groups is 2. The van der Waals surface area contributed by atoms with Crippen LogP contribution in [-0.2, 0) is 9.47 Å². The van der Waals surface area contributed by atoms with Crippen molar-refractivity contribution in [3.8, 4) is 11.5 Å². The number of ether oxygens (including phenoxy) is 4. The topological polar surface area (TPSA) is 71.1 Å². The molecule has 8 heteroatoms. The van der Waals surface area contributed by atoms with E-state index in [9.17, 15) is 9.59 Å². The van der Waals surface area contributed by atoms with Crippen LogP contribution in [0.15, 0.2) is 42.5 Å². The Morgan fingerprint density at radius 1 is 0.743 bits per heavy atom. The van der Waals surface area contributed by atoms with Crippen molar-refractivity contribution in [3.63, 3.8) is 0 Å². The smallest absolute Gasteiger partial charge is 0.420 e. The van der Waals surface area contributed by atoms with Gasteiger partial charge in [0.25, 0.3) is 0 Å². The first-order valence-electron chi connectivity index (χ1n) is 11.8. The lowest BCUT2D eigenvalue weighted by atomic mass is 9.97. The highest BCUT2D eigenvalue weighted by Crippen LogP contribution is 2.44. The van der Waals surface area contributed by atoms with E-state index in [2.05, 4.69) is 59.0 Å². The first-order valence-corrected chi connectivity index (χ1v) is 14.3. The highest BCUT2D eigenvalue weighted by atomic mass is 127. The lowest BCUT2D eigenvalue weighted by molar-refractivity contribution is 0.0905. The molecule has 0 N–H and O–H groups in total. The van der Waals surface area contributed by atoms with E-state index in [0.29, 0.717) is 33.0 Å². The molecule has 0 aliphatic carbocycles. The van der Waals surface area contributed by atoms with E-state index < -0.39 is 12.3 Å². The summed E-state index contributed by atoms with van der Waals surface area (Å²) < 4.78 is 22.0. The molecule has 0 saturated heterocycles. The van der Waals surface area contributed by atoms with Gasteiger partial charge in [-0.2, -0.15) is 0 Å². The molecule has 0 aliphatic heterocycles. The maximum absolute atomic E-state index is 12.7. The van der Waals surface area contributed by atoms with Crippen LogP contribution in [0.4, 0.5) is 9.59 Å². The molecule has 0 spiro atoms. The molecule has 6 nitrogen and oxygen atoms in total. The summed E-state index contributed by atoms with van der Waals surface area (Å²) in [6.45, 7) is 6.10. The lowest BCUT2D eigenvalue weighted by Gasteiger charge is -2.18. The zero-order valence-corrected chi connectivity index (χ0v) is 24.5. The second-order valence-electron chi connectivity index (χ2n) is 8.25. The Labute approximate surface area is 233 Å². The van der Waals surface area contributed by atoms with Crippen LogP contribution >= 0.6 is 45.2 Å². The summed E-state index contributed by atoms with van der Waals surface area (Å²) in [5.74, 6) is 0.757. The van der Waals surface area contributed by atoms with E-state index in [-0.39, 0.29) is 8.22 Å². The van der Waals surface area contributed by atoms with E-state index >= 15 is 0 Å². The van der Waals surface area contributed by atoms with E-state index in [0.717, 1.165) is 44.1 Å². The number of hydrogen-bond acceptors (Lipinski definition) is 6. The predicted molar refractivity (Wildman–Crippen MR) is 155 cm³/mol. The molecule has 3 rings (SSSR count). The summed E-state index contributed by atoms with van der Waals surface area (Å²) in [6.07, 6.45) is 3.97. The number of aryl methyl sites for hydroxylation is 1. The number of halogens is 2. The average Bonchev–Trinajstić information content (AvgIpc) is 2.83. The first-order chi connectivity index (χ1) is 16.8. The van der Waals surface area contributed by atoms with Crippen LogP contribution in [0.25, 0.3) is 21.5 Å². The number of alkyl halides is 2. The first kappa shape index (κ1) is 27.8. The minimum Gasteiger partial charge on any atom is -0.420 e. The van der Waals surface area contributed by atoms with Gasteiger partial charge in [-0.25, -0.2) is 9.59 Å². The van der Waals surface area contributed by atoms with Crippen molar-refractivity contribution in [2.75, 3.05) is 0 Å². The third-order valence-corrected chi connectivity index (χ3v) is 7.30. The molecule has 0 aromatic heterocycles. The van der Waals surface area contributed by atoms with Crippen molar-refractivity contribution in [1.29, 1.82) is 0 Å². The molecule has 3 aromatic rings. The quantitative estimate of drug-likeness (QED) is 0.0690. The Morgan fingerprint density at radius 3 is 1.77 bits per heavy atom. The van der Waals surface area contributed by atoms with Crippen LogP contribution < -0.4 is 9.47 Å². The molecule has 0 aliphatic rings. The van der Waals surface area contributed by atoms with E-state index in [1.54, 1.807) is 0 Å². The Balaban J connectivity index is 2.01. The molecule has 2 unspecified atom stereocenters. The standard InChI is InChI=1S/C27H30I2O6/c1-4-6-15-21(28)32-26(30)34-24-18-12-8-9-13-19(18)25(23-17(3)11-10-14-20(23)24)35-27(31)33-22(29)16-7-5-2/h8-14,21-22H,4-7,15-16H2,1-3H3. The molecule has 0 heterocycles. The van der Waals surface area contributed by atoms with E-state index in [4.69, 9.17) is 18.9 Å². The predicted octanol–water partition coefficient (Wildman–Crippen LogP) is 9.23. The summed E-state index contributed by atoms with van der Waals surface area (Å²) >= 11 is 4.21. The molecule has 0 saturated carbocycles. The summed E-state index contributed by atoms with van der Waals surface area (Å²) in [6, 6.07) is 13.0. The SMILES string of the molecule is CCCCC(I)OC(=O)Oc1c2ccccc2c(OC(=O)OC(I)CCCC)c2c(C)cccc12. The van der Waals surface area contributed by atoms with Crippen molar-refractivity contribution in [2.45, 2.75) is 67.5 Å². The molecular weight excluding hydrogens is 674 g/mol. The second-order valence-corrected chi connectivity index (χ2v) is 11.0.